The van der Waals surface area contributed by atoms with Crippen molar-refractivity contribution >= 4 is 28.3 Å². The van der Waals surface area contributed by atoms with Gasteiger partial charge in [-0.1, -0.05) is 23.7 Å². The number of nitrogens with one attached hydrogen (secondary N) is 1. The Bertz CT molecular complexity index is 501. The van der Waals surface area contributed by atoms with Crippen LogP contribution in [-0.4, -0.2) is 29.6 Å². The van der Waals surface area contributed by atoms with Crippen molar-refractivity contribution in [1.82, 2.24) is 9.36 Å². The summed E-state index contributed by atoms with van der Waals surface area (Å²) >= 11 is 7.24. The Kier molecular flexibility index (Phi) is 5.57. The highest BCUT2D eigenvalue weighted by Gasteiger charge is 2.04. The molecule has 102 valence electrons. The molecule has 2 rings (SSSR count). The van der Waals surface area contributed by atoms with Crippen LogP contribution < -0.4 is 5.32 Å². The zero-order valence-electron chi connectivity index (χ0n) is 10.7. The van der Waals surface area contributed by atoms with Gasteiger partial charge in [-0.3, -0.25) is 0 Å². The number of nitrogens with zero attached hydrogens (tertiary/aromatic N) is 2. The first kappa shape index (κ1) is 14.2. The Hall–Kier alpha value is -1.17. The van der Waals surface area contributed by atoms with E-state index < -0.39 is 0 Å². The van der Waals surface area contributed by atoms with Crippen molar-refractivity contribution in [2.45, 2.75) is 12.8 Å². The minimum atomic E-state index is 0.730. The van der Waals surface area contributed by atoms with Crippen LogP contribution in [-0.2, 0) is 11.2 Å². The first-order valence-corrected chi connectivity index (χ1v) is 7.23. The van der Waals surface area contributed by atoms with E-state index in [9.17, 15) is 0 Å². The van der Waals surface area contributed by atoms with Gasteiger partial charge in [-0.2, -0.15) is 4.37 Å². The molecule has 1 aromatic carbocycles. The highest BCUT2D eigenvalue weighted by Crippen LogP contribution is 2.16. The fraction of sp³-hybridized carbons (Fsp3) is 0.385. The van der Waals surface area contributed by atoms with Gasteiger partial charge in [-0.15, -0.1) is 0 Å². The minimum absolute atomic E-state index is 0.730. The zero-order chi connectivity index (χ0) is 13.5. The molecule has 0 spiro atoms. The lowest BCUT2D eigenvalue weighted by atomic mass is 10.1. The van der Waals surface area contributed by atoms with E-state index in [0.717, 1.165) is 47.5 Å². The topological polar surface area (TPSA) is 47.0 Å². The first-order valence-electron chi connectivity index (χ1n) is 6.08. The SMILES string of the molecule is COCCCNc1nc(Cc2ccc(Cl)cc2)ns1. The van der Waals surface area contributed by atoms with Crippen molar-refractivity contribution in [3.8, 4) is 0 Å². The molecule has 2 aromatic rings. The van der Waals surface area contributed by atoms with Crippen LogP contribution in [0.4, 0.5) is 5.13 Å². The van der Waals surface area contributed by atoms with Crippen LogP contribution in [0.1, 0.15) is 17.8 Å². The number of benzene rings is 1. The molecule has 0 amide bonds. The molecule has 1 aromatic heterocycles. The lowest BCUT2D eigenvalue weighted by molar-refractivity contribution is 0.198. The van der Waals surface area contributed by atoms with Gasteiger partial charge in [-0.05, 0) is 24.1 Å². The molecule has 1 N–H and O–H groups in total. The number of hydrogen-bond donors (Lipinski definition) is 1. The molecule has 0 radical (unpaired) electrons. The third-order valence-electron chi connectivity index (χ3n) is 2.55. The summed E-state index contributed by atoms with van der Waals surface area (Å²) in [6, 6.07) is 7.75. The molecule has 6 heteroatoms. The summed E-state index contributed by atoms with van der Waals surface area (Å²) in [7, 11) is 1.70. The average Bonchev–Trinajstić information content (AvgIpc) is 2.85. The number of halogens is 1. The Balaban J connectivity index is 1.85. The van der Waals surface area contributed by atoms with Gasteiger partial charge >= 0.3 is 0 Å². The van der Waals surface area contributed by atoms with E-state index in [1.807, 2.05) is 24.3 Å². The number of ether oxygens (including phenoxy) is 1. The summed E-state index contributed by atoms with van der Waals surface area (Å²) in [6.07, 6.45) is 1.69. The first-order chi connectivity index (χ1) is 9.28. The van der Waals surface area contributed by atoms with Crippen LogP contribution in [0.2, 0.25) is 5.02 Å². The Morgan fingerprint density at radius 2 is 2.11 bits per heavy atom. The quantitative estimate of drug-likeness (QED) is 0.797. The molecule has 0 saturated heterocycles. The van der Waals surface area contributed by atoms with Gasteiger partial charge in [0.15, 0.2) is 0 Å². The molecule has 0 atom stereocenters. The molecule has 0 fully saturated rings. The Labute approximate surface area is 122 Å². The summed E-state index contributed by atoms with van der Waals surface area (Å²) in [6.45, 7) is 1.60. The summed E-state index contributed by atoms with van der Waals surface area (Å²) in [5.41, 5.74) is 1.16. The standard InChI is InChI=1S/C13H16ClN3OS/c1-18-8-2-7-15-13-16-12(17-19-13)9-10-3-5-11(14)6-4-10/h3-6H,2,7-9H2,1H3,(H,15,16,17). The number of aromatic nitrogens is 2. The van der Waals surface area contributed by atoms with Gasteiger partial charge in [0.2, 0.25) is 5.13 Å². The molecule has 0 aliphatic rings. The van der Waals surface area contributed by atoms with E-state index in [1.54, 1.807) is 7.11 Å². The monoisotopic (exact) mass is 297 g/mol. The largest absolute Gasteiger partial charge is 0.385 e. The van der Waals surface area contributed by atoms with Gasteiger partial charge in [0.1, 0.15) is 5.82 Å². The fourth-order valence-corrected chi connectivity index (χ4v) is 2.33. The predicted octanol–water partition coefficient (Wildman–Crippen LogP) is 3.23. The molecule has 0 bridgehead atoms. The van der Waals surface area contributed by atoms with Gasteiger partial charge in [0.25, 0.3) is 0 Å². The van der Waals surface area contributed by atoms with E-state index in [4.69, 9.17) is 16.3 Å². The lowest BCUT2D eigenvalue weighted by Crippen LogP contribution is -2.04. The predicted molar refractivity (Wildman–Crippen MR) is 79.1 cm³/mol. The molecule has 0 unspecified atom stereocenters. The number of hydrogen-bond acceptors (Lipinski definition) is 5. The van der Waals surface area contributed by atoms with Crippen LogP contribution in [0.15, 0.2) is 24.3 Å². The van der Waals surface area contributed by atoms with Gasteiger partial charge in [0, 0.05) is 43.2 Å². The molecular formula is C13H16ClN3OS. The number of rotatable bonds is 7. The van der Waals surface area contributed by atoms with Gasteiger partial charge in [-0.25, -0.2) is 4.98 Å². The normalized spacial score (nSPS) is 10.6. The maximum atomic E-state index is 5.85. The summed E-state index contributed by atoms with van der Waals surface area (Å²) in [4.78, 5) is 4.45. The molecule has 0 saturated carbocycles. The van der Waals surface area contributed by atoms with E-state index in [0.29, 0.717) is 0 Å². The number of anilines is 1. The highest BCUT2D eigenvalue weighted by atomic mass is 35.5. The van der Waals surface area contributed by atoms with Crippen LogP contribution in [0.25, 0.3) is 0 Å². The Morgan fingerprint density at radius 3 is 2.84 bits per heavy atom. The van der Waals surface area contributed by atoms with E-state index >= 15 is 0 Å². The van der Waals surface area contributed by atoms with Crippen LogP contribution in [0, 0.1) is 0 Å². The van der Waals surface area contributed by atoms with Crippen molar-refractivity contribution in [2.24, 2.45) is 0 Å². The van der Waals surface area contributed by atoms with Crippen molar-refractivity contribution < 1.29 is 4.74 Å². The molecule has 0 aliphatic heterocycles. The highest BCUT2D eigenvalue weighted by molar-refractivity contribution is 7.09. The van der Waals surface area contributed by atoms with E-state index in [2.05, 4.69) is 14.7 Å². The maximum absolute atomic E-state index is 5.85. The molecule has 1 heterocycles. The molecule has 4 nitrogen and oxygen atoms in total. The zero-order valence-corrected chi connectivity index (χ0v) is 12.3. The van der Waals surface area contributed by atoms with Gasteiger partial charge < -0.3 is 10.1 Å². The second-order valence-corrected chi connectivity index (χ2v) is 5.28. The minimum Gasteiger partial charge on any atom is -0.385 e. The summed E-state index contributed by atoms with van der Waals surface area (Å²) in [5.74, 6) is 0.835. The summed E-state index contributed by atoms with van der Waals surface area (Å²) in [5, 5.41) is 4.85. The van der Waals surface area contributed by atoms with E-state index in [1.165, 1.54) is 11.5 Å². The lowest BCUT2D eigenvalue weighted by Gasteiger charge is -2.00. The Morgan fingerprint density at radius 1 is 1.32 bits per heavy atom. The second kappa shape index (κ2) is 7.43. The summed E-state index contributed by atoms with van der Waals surface area (Å²) < 4.78 is 9.33. The van der Waals surface area contributed by atoms with Crippen molar-refractivity contribution in [2.75, 3.05) is 25.6 Å². The average molecular weight is 298 g/mol. The van der Waals surface area contributed by atoms with Crippen LogP contribution in [0.5, 0.6) is 0 Å². The van der Waals surface area contributed by atoms with Crippen molar-refractivity contribution in [3.63, 3.8) is 0 Å². The third kappa shape index (κ3) is 4.78. The van der Waals surface area contributed by atoms with Gasteiger partial charge in [0.05, 0.1) is 0 Å². The molecular weight excluding hydrogens is 282 g/mol. The fourth-order valence-electron chi connectivity index (χ4n) is 1.59. The second-order valence-electron chi connectivity index (χ2n) is 4.09. The maximum Gasteiger partial charge on any atom is 0.202 e. The van der Waals surface area contributed by atoms with Crippen molar-refractivity contribution in [1.29, 1.82) is 0 Å². The van der Waals surface area contributed by atoms with Crippen LogP contribution in [0.3, 0.4) is 0 Å². The van der Waals surface area contributed by atoms with E-state index in [-0.39, 0.29) is 0 Å². The molecule has 0 aliphatic carbocycles. The smallest absolute Gasteiger partial charge is 0.202 e. The third-order valence-corrected chi connectivity index (χ3v) is 3.51. The van der Waals surface area contributed by atoms with Crippen molar-refractivity contribution in [3.05, 3.63) is 40.7 Å². The van der Waals surface area contributed by atoms with Crippen LogP contribution >= 0.6 is 23.1 Å². The number of methoxy groups -OCH3 is 1. The molecule has 19 heavy (non-hydrogen) atoms.